The zero-order valence-electron chi connectivity index (χ0n) is 9.82. The summed E-state index contributed by atoms with van der Waals surface area (Å²) in [7, 11) is 0. The van der Waals surface area contributed by atoms with Gasteiger partial charge in [-0.15, -0.1) is 0 Å². The van der Waals surface area contributed by atoms with Gasteiger partial charge in [-0.3, -0.25) is 0 Å². The van der Waals surface area contributed by atoms with Gasteiger partial charge < -0.3 is 5.32 Å². The van der Waals surface area contributed by atoms with Gasteiger partial charge in [0.05, 0.1) is 0 Å². The molecule has 0 saturated heterocycles. The molecule has 18 heavy (non-hydrogen) atoms. The molecule has 0 aliphatic carbocycles. The zero-order valence-corrected chi connectivity index (χ0v) is 9.82. The van der Waals surface area contributed by atoms with Crippen LogP contribution in [0.4, 0.5) is 22.0 Å². The predicted molar refractivity (Wildman–Crippen MR) is 58.2 cm³/mol. The number of nitrogens with one attached hydrogen (secondary N) is 1. The molecule has 0 heterocycles. The third-order valence-corrected chi connectivity index (χ3v) is 2.49. The second-order valence-corrected chi connectivity index (χ2v) is 3.97. The molecule has 1 N–H and O–H groups in total. The molecule has 1 aromatic rings. The molecular formula is C12H14F5N. The van der Waals surface area contributed by atoms with Gasteiger partial charge in [0.15, 0.2) is 11.6 Å². The molecule has 0 saturated carbocycles. The third-order valence-electron chi connectivity index (χ3n) is 2.49. The molecule has 1 nitrogen and oxygen atoms in total. The lowest BCUT2D eigenvalue weighted by atomic mass is 10.0. The Balaban J connectivity index is 2.86. The maximum absolute atomic E-state index is 13.3. The molecule has 0 aliphatic heterocycles. The van der Waals surface area contributed by atoms with Crippen molar-refractivity contribution in [3.63, 3.8) is 0 Å². The number of hydrogen-bond acceptors (Lipinski definition) is 1. The van der Waals surface area contributed by atoms with Gasteiger partial charge in [0.2, 0.25) is 0 Å². The average Bonchev–Trinajstić information content (AvgIpc) is 2.28. The van der Waals surface area contributed by atoms with Crippen molar-refractivity contribution in [1.82, 2.24) is 5.32 Å². The number of rotatable bonds is 5. The molecule has 1 rings (SSSR count). The molecule has 6 heteroatoms. The Hall–Kier alpha value is -1.17. The summed E-state index contributed by atoms with van der Waals surface area (Å²) in [6.07, 6.45) is -4.58. The molecule has 1 atom stereocenters. The summed E-state index contributed by atoms with van der Waals surface area (Å²) in [5.41, 5.74) is -0.277. The van der Waals surface area contributed by atoms with E-state index >= 15 is 0 Å². The minimum atomic E-state index is -4.49. The van der Waals surface area contributed by atoms with Crippen LogP contribution in [0.25, 0.3) is 0 Å². The number of hydrogen-bond donors (Lipinski definition) is 1. The van der Waals surface area contributed by atoms with E-state index in [1.54, 1.807) is 6.92 Å². The Morgan fingerprint density at radius 2 is 1.89 bits per heavy atom. The largest absolute Gasteiger partial charge is 0.404 e. The van der Waals surface area contributed by atoms with Crippen molar-refractivity contribution in [3.05, 3.63) is 35.4 Å². The van der Waals surface area contributed by atoms with Gasteiger partial charge in [-0.2, -0.15) is 13.2 Å². The second kappa shape index (κ2) is 6.13. The fourth-order valence-electron chi connectivity index (χ4n) is 1.55. The molecular weight excluding hydrogens is 253 g/mol. The van der Waals surface area contributed by atoms with E-state index < -0.39 is 30.3 Å². The first kappa shape index (κ1) is 14.9. The fraction of sp³-hybridized carbons (Fsp3) is 0.500. The summed E-state index contributed by atoms with van der Waals surface area (Å²) in [6, 6.07) is 1.36. The highest BCUT2D eigenvalue weighted by Crippen LogP contribution is 2.24. The number of halogens is 5. The van der Waals surface area contributed by atoms with Crippen molar-refractivity contribution in [2.45, 2.75) is 32.0 Å². The Morgan fingerprint density at radius 1 is 1.22 bits per heavy atom. The lowest BCUT2D eigenvalue weighted by molar-refractivity contribution is -0.155. The van der Waals surface area contributed by atoms with Crippen molar-refractivity contribution < 1.29 is 22.0 Å². The summed E-state index contributed by atoms with van der Waals surface area (Å²) in [6.45, 7) is 1.89. The summed E-state index contributed by atoms with van der Waals surface area (Å²) in [5.74, 6) is -2.35. The molecule has 0 fully saturated rings. The van der Waals surface area contributed by atoms with Gasteiger partial charge in [-0.05, 0) is 31.0 Å². The van der Waals surface area contributed by atoms with Crippen molar-refractivity contribution in [3.8, 4) is 0 Å². The number of benzene rings is 1. The summed E-state index contributed by atoms with van der Waals surface area (Å²) < 4.78 is 64.3. The van der Waals surface area contributed by atoms with Gasteiger partial charge >= 0.3 is 6.18 Å². The van der Waals surface area contributed by atoms with Crippen LogP contribution in [0.5, 0.6) is 0 Å². The van der Waals surface area contributed by atoms with Crippen LogP contribution in [0.15, 0.2) is 18.2 Å². The Labute approximate surface area is 102 Å². The van der Waals surface area contributed by atoms with Crippen molar-refractivity contribution in [1.29, 1.82) is 0 Å². The molecule has 0 amide bonds. The third kappa shape index (κ3) is 3.94. The Bertz CT molecular complexity index is 389. The summed E-state index contributed by atoms with van der Waals surface area (Å²) >= 11 is 0. The summed E-state index contributed by atoms with van der Waals surface area (Å²) in [5, 5.41) is 2.29. The first-order valence-corrected chi connectivity index (χ1v) is 5.59. The molecule has 0 bridgehead atoms. The topological polar surface area (TPSA) is 12.0 Å². The monoisotopic (exact) mass is 267 g/mol. The molecule has 0 radical (unpaired) electrons. The van der Waals surface area contributed by atoms with Crippen LogP contribution in [0.3, 0.4) is 0 Å². The van der Waals surface area contributed by atoms with Crippen molar-refractivity contribution >= 4 is 0 Å². The minimum absolute atomic E-state index is 0.168. The normalized spacial score (nSPS) is 13.7. The van der Waals surface area contributed by atoms with Crippen LogP contribution in [-0.2, 0) is 6.42 Å². The van der Waals surface area contributed by atoms with E-state index in [2.05, 4.69) is 5.32 Å². The smallest absolute Gasteiger partial charge is 0.306 e. The van der Waals surface area contributed by atoms with Gasteiger partial charge in [0.25, 0.3) is 0 Å². The standard InChI is InChI=1S/C12H14F5N/c1-2-6-18-10(12(15,16)17)7-8-4-3-5-9(13)11(8)14/h3-5,10,18H,2,6-7H2,1H3. The fourth-order valence-corrected chi connectivity index (χ4v) is 1.55. The molecule has 102 valence electrons. The van der Waals surface area contributed by atoms with E-state index in [0.717, 1.165) is 12.1 Å². The van der Waals surface area contributed by atoms with E-state index in [0.29, 0.717) is 6.42 Å². The quantitative estimate of drug-likeness (QED) is 0.806. The van der Waals surface area contributed by atoms with Crippen molar-refractivity contribution in [2.24, 2.45) is 0 Å². The Kier molecular flexibility index (Phi) is 5.07. The highest BCUT2D eigenvalue weighted by molar-refractivity contribution is 5.20. The van der Waals surface area contributed by atoms with E-state index in [1.165, 1.54) is 6.07 Å². The maximum atomic E-state index is 13.3. The molecule has 0 spiro atoms. The average molecular weight is 267 g/mol. The highest BCUT2D eigenvalue weighted by atomic mass is 19.4. The first-order valence-electron chi connectivity index (χ1n) is 5.59. The van der Waals surface area contributed by atoms with E-state index in [1.807, 2.05) is 0 Å². The highest BCUT2D eigenvalue weighted by Gasteiger charge is 2.39. The molecule has 0 aromatic heterocycles. The second-order valence-electron chi connectivity index (χ2n) is 3.97. The number of alkyl halides is 3. The Morgan fingerprint density at radius 3 is 2.44 bits per heavy atom. The van der Waals surface area contributed by atoms with Crippen molar-refractivity contribution in [2.75, 3.05) is 6.54 Å². The predicted octanol–water partition coefficient (Wildman–Crippen LogP) is 3.44. The molecule has 1 unspecified atom stereocenters. The van der Waals surface area contributed by atoms with Crippen LogP contribution < -0.4 is 5.32 Å². The van der Waals surface area contributed by atoms with Gasteiger partial charge in [0.1, 0.15) is 6.04 Å². The summed E-state index contributed by atoms with van der Waals surface area (Å²) in [4.78, 5) is 0. The lowest BCUT2D eigenvalue weighted by Crippen LogP contribution is -2.44. The van der Waals surface area contributed by atoms with Gasteiger partial charge in [-0.25, -0.2) is 8.78 Å². The first-order chi connectivity index (χ1) is 8.36. The minimum Gasteiger partial charge on any atom is -0.306 e. The van der Waals surface area contributed by atoms with E-state index in [9.17, 15) is 22.0 Å². The van der Waals surface area contributed by atoms with E-state index in [-0.39, 0.29) is 12.1 Å². The maximum Gasteiger partial charge on any atom is 0.404 e. The van der Waals surface area contributed by atoms with Crippen LogP contribution in [0, 0.1) is 11.6 Å². The van der Waals surface area contributed by atoms with E-state index in [4.69, 9.17) is 0 Å². The van der Waals surface area contributed by atoms with Gasteiger partial charge in [-0.1, -0.05) is 19.1 Å². The van der Waals surface area contributed by atoms with Crippen LogP contribution in [-0.4, -0.2) is 18.8 Å². The zero-order chi connectivity index (χ0) is 13.8. The lowest BCUT2D eigenvalue weighted by Gasteiger charge is -2.21. The van der Waals surface area contributed by atoms with Crippen LogP contribution >= 0.6 is 0 Å². The van der Waals surface area contributed by atoms with Crippen LogP contribution in [0.2, 0.25) is 0 Å². The molecule has 1 aromatic carbocycles. The van der Waals surface area contributed by atoms with Crippen LogP contribution in [0.1, 0.15) is 18.9 Å². The SMILES string of the molecule is CCCNC(Cc1cccc(F)c1F)C(F)(F)F. The molecule has 0 aliphatic rings. The van der Waals surface area contributed by atoms with Gasteiger partial charge in [0, 0.05) is 0 Å².